The van der Waals surface area contributed by atoms with Crippen LogP contribution < -0.4 is 10.3 Å². The van der Waals surface area contributed by atoms with Crippen LogP contribution in [-0.4, -0.2) is 35.0 Å². The third-order valence-corrected chi connectivity index (χ3v) is 5.06. The molecule has 6 nitrogen and oxygen atoms in total. The van der Waals surface area contributed by atoms with Crippen molar-refractivity contribution < 1.29 is 4.79 Å². The molecule has 1 amide bonds. The summed E-state index contributed by atoms with van der Waals surface area (Å²) in [6.45, 7) is 6.80. The summed E-state index contributed by atoms with van der Waals surface area (Å²) in [5.41, 5.74) is 6.06. The fourth-order valence-corrected chi connectivity index (χ4v) is 3.19. The lowest BCUT2D eigenvalue weighted by Gasteiger charge is -2.20. The molecule has 3 rings (SSSR count). The van der Waals surface area contributed by atoms with E-state index in [1.54, 1.807) is 23.2 Å². The van der Waals surface area contributed by atoms with Gasteiger partial charge >= 0.3 is 0 Å². The molecule has 0 aliphatic rings. The standard InChI is InChI=1S/C22H24BrN5O/c1-3-27(4-2)20-11-7-17(8-12-20)15-24-25-22(29)21-13-14-28(26-21)16-18-5-9-19(23)10-6-18/h5-15H,3-4,16H2,1-2H3,(H,25,29)/b24-15-. The number of nitrogens with zero attached hydrogens (tertiary/aromatic N) is 4. The van der Waals surface area contributed by atoms with Gasteiger partial charge in [0.05, 0.1) is 12.8 Å². The Hall–Kier alpha value is -2.93. The first-order valence-corrected chi connectivity index (χ1v) is 10.3. The van der Waals surface area contributed by atoms with Crippen molar-refractivity contribution in [2.45, 2.75) is 20.4 Å². The average Bonchev–Trinajstić information content (AvgIpc) is 3.20. The van der Waals surface area contributed by atoms with E-state index in [0.717, 1.165) is 28.7 Å². The van der Waals surface area contributed by atoms with Gasteiger partial charge in [-0.15, -0.1) is 0 Å². The highest BCUT2D eigenvalue weighted by Crippen LogP contribution is 2.14. The number of carbonyl (C=O) groups is 1. The Morgan fingerprint density at radius 1 is 1.10 bits per heavy atom. The molecule has 29 heavy (non-hydrogen) atoms. The lowest BCUT2D eigenvalue weighted by atomic mass is 10.2. The van der Waals surface area contributed by atoms with Crippen LogP contribution in [0.4, 0.5) is 5.69 Å². The van der Waals surface area contributed by atoms with Gasteiger partial charge in [-0.2, -0.15) is 10.2 Å². The van der Waals surface area contributed by atoms with Crippen LogP contribution in [0.25, 0.3) is 0 Å². The number of hydrazone groups is 1. The second kappa shape index (κ2) is 10.0. The zero-order valence-corrected chi connectivity index (χ0v) is 18.1. The molecule has 1 N–H and O–H groups in total. The van der Waals surface area contributed by atoms with Crippen molar-refractivity contribution in [2.75, 3.05) is 18.0 Å². The third-order valence-electron chi connectivity index (χ3n) is 4.53. The predicted molar refractivity (Wildman–Crippen MR) is 121 cm³/mol. The van der Waals surface area contributed by atoms with Gasteiger partial charge in [-0.1, -0.05) is 40.2 Å². The van der Waals surface area contributed by atoms with E-state index in [1.807, 2.05) is 36.4 Å². The quantitative estimate of drug-likeness (QED) is 0.408. The van der Waals surface area contributed by atoms with Gasteiger partial charge in [0.2, 0.25) is 0 Å². The molecular weight excluding hydrogens is 430 g/mol. The molecule has 7 heteroatoms. The van der Waals surface area contributed by atoms with Gasteiger partial charge in [-0.25, -0.2) is 5.43 Å². The summed E-state index contributed by atoms with van der Waals surface area (Å²) < 4.78 is 2.76. The Bertz CT molecular complexity index is 960. The molecule has 2 aromatic carbocycles. The van der Waals surface area contributed by atoms with Gasteiger partial charge in [-0.3, -0.25) is 9.48 Å². The zero-order chi connectivity index (χ0) is 20.6. The Balaban J connectivity index is 1.55. The zero-order valence-electron chi connectivity index (χ0n) is 16.5. The SMILES string of the molecule is CCN(CC)c1ccc(/C=N\NC(=O)c2ccn(Cc3ccc(Br)cc3)n2)cc1. The number of carbonyl (C=O) groups excluding carboxylic acids is 1. The summed E-state index contributed by atoms with van der Waals surface area (Å²) >= 11 is 3.42. The van der Waals surface area contributed by atoms with Crippen molar-refractivity contribution in [3.05, 3.63) is 82.1 Å². The monoisotopic (exact) mass is 453 g/mol. The molecule has 1 aromatic heterocycles. The van der Waals surface area contributed by atoms with E-state index in [0.29, 0.717) is 12.2 Å². The van der Waals surface area contributed by atoms with E-state index >= 15 is 0 Å². The van der Waals surface area contributed by atoms with Crippen LogP contribution in [0, 0.1) is 0 Å². The number of hydrogen-bond acceptors (Lipinski definition) is 4. The van der Waals surface area contributed by atoms with Crippen LogP contribution in [0.5, 0.6) is 0 Å². The second-order valence-electron chi connectivity index (χ2n) is 6.49. The molecule has 0 bridgehead atoms. The molecule has 0 saturated carbocycles. The number of nitrogens with one attached hydrogen (secondary N) is 1. The maximum absolute atomic E-state index is 12.3. The molecule has 0 atom stereocenters. The average molecular weight is 454 g/mol. The van der Waals surface area contributed by atoms with Crippen LogP contribution >= 0.6 is 15.9 Å². The lowest BCUT2D eigenvalue weighted by Crippen LogP contribution is -2.21. The Labute approximate surface area is 179 Å². The number of anilines is 1. The normalized spacial score (nSPS) is 11.0. The summed E-state index contributed by atoms with van der Waals surface area (Å²) in [6.07, 6.45) is 3.41. The van der Waals surface area contributed by atoms with Gasteiger partial charge in [-0.05, 0) is 55.3 Å². The lowest BCUT2D eigenvalue weighted by molar-refractivity contribution is 0.0949. The smallest absolute Gasteiger partial charge is 0.291 e. The van der Waals surface area contributed by atoms with Crippen LogP contribution in [0.15, 0.2) is 70.4 Å². The number of hydrogen-bond donors (Lipinski definition) is 1. The molecule has 0 unspecified atom stereocenters. The first kappa shape index (κ1) is 20.8. The fourth-order valence-electron chi connectivity index (χ4n) is 2.93. The highest BCUT2D eigenvalue weighted by Gasteiger charge is 2.08. The Morgan fingerprint density at radius 2 is 1.79 bits per heavy atom. The van der Waals surface area contributed by atoms with Gasteiger partial charge in [0.1, 0.15) is 0 Å². The molecule has 0 fully saturated rings. The number of aromatic nitrogens is 2. The van der Waals surface area contributed by atoms with Gasteiger partial charge in [0, 0.05) is 29.4 Å². The minimum absolute atomic E-state index is 0.330. The van der Waals surface area contributed by atoms with Gasteiger partial charge < -0.3 is 4.90 Å². The summed E-state index contributed by atoms with van der Waals surface area (Å²) in [5, 5.41) is 8.36. The maximum Gasteiger partial charge on any atom is 0.291 e. The number of rotatable bonds is 8. The molecule has 0 spiro atoms. The van der Waals surface area contributed by atoms with E-state index in [4.69, 9.17) is 0 Å². The van der Waals surface area contributed by atoms with Crippen molar-refractivity contribution in [3.8, 4) is 0 Å². The Kier molecular flexibility index (Phi) is 7.19. The molecule has 1 heterocycles. The van der Waals surface area contributed by atoms with Crippen molar-refractivity contribution in [1.29, 1.82) is 0 Å². The van der Waals surface area contributed by atoms with Crippen molar-refractivity contribution in [2.24, 2.45) is 5.10 Å². The summed E-state index contributed by atoms with van der Waals surface area (Å²) in [7, 11) is 0. The minimum Gasteiger partial charge on any atom is -0.372 e. The van der Waals surface area contributed by atoms with Crippen molar-refractivity contribution in [3.63, 3.8) is 0 Å². The molecule has 150 valence electrons. The van der Waals surface area contributed by atoms with Crippen LogP contribution in [0.1, 0.15) is 35.5 Å². The highest BCUT2D eigenvalue weighted by atomic mass is 79.9. The topological polar surface area (TPSA) is 62.5 Å². The highest BCUT2D eigenvalue weighted by molar-refractivity contribution is 9.10. The van der Waals surface area contributed by atoms with E-state index in [-0.39, 0.29) is 5.91 Å². The number of benzene rings is 2. The number of halogens is 1. The first-order valence-electron chi connectivity index (χ1n) is 9.55. The molecular formula is C22H24BrN5O. The molecule has 0 aliphatic heterocycles. The van der Waals surface area contributed by atoms with Gasteiger partial charge in [0.25, 0.3) is 5.91 Å². The van der Waals surface area contributed by atoms with E-state index in [2.05, 4.69) is 62.4 Å². The summed E-state index contributed by atoms with van der Waals surface area (Å²) in [6, 6.07) is 17.8. The van der Waals surface area contributed by atoms with Crippen LogP contribution in [0.2, 0.25) is 0 Å². The summed E-state index contributed by atoms with van der Waals surface area (Å²) in [5.74, 6) is -0.337. The van der Waals surface area contributed by atoms with Gasteiger partial charge in [0.15, 0.2) is 5.69 Å². The minimum atomic E-state index is -0.337. The largest absolute Gasteiger partial charge is 0.372 e. The van der Waals surface area contributed by atoms with Crippen LogP contribution in [0.3, 0.4) is 0 Å². The molecule has 0 radical (unpaired) electrons. The third kappa shape index (κ3) is 5.77. The van der Waals surface area contributed by atoms with E-state index < -0.39 is 0 Å². The molecule has 0 aliphatic carbocycles. The van der Waals surface area contributed by atoms with E-state index in [9.17, 15) is 4.79 Å². The van der Waals surface area contributed by atoms with Crippen LogP contribution in [-0.2, 0) is 6.54 Å². The number of amides is 1. The summed E-state index contributed by atoms with van der Waals surface area (Å²) in [4.78, 5) is 14.5. The molecule has 3 aromatic rings. The second-order valence-corrected chi connectivity index (χ2v) is 7.40. The first-order chi connectivity index (χ1) is 14.1. The maximum atomic E-state index is 12.3. The van der Waals surface area contributed by atoms with Crippen molar-refractivity contribution in [1.82, 2.24) is 15.2 Å². The van der Waals surface area contributed by atoms with E-state index in [1.165, 1.54) is 5.69 Å². The van der Waals surface area contributed by atoms with Crippen molar-refractivity contribution >= 4 is 33.7 Å². The predicted octanol–water partition coefficient (Wildman–Crippen LogP) is 4.30. The molecule has 0 saturated heterocycles. The Morgan fingerprint density at radius 3 is 2.45 bits per heavy atom. The fraction of sp³-hybridized carbons (Fsp3) is 0.227.